The van der Waals surface area contributed by atoms with Crippen LogP contribution in [0.4, 0.5) is 0 Å². The van der Waals surface area contributed by atoms with Crippen molar-refractivity contribution in [3.63, 3.8) is 0 Å². The second kappa shape index (κ2) is 6.05. The average Bonchev–Trinajstić information content (AvgIpc) is 2.49. The molecule has 0 amide bonds. The molecule has 1 nitrogen and oxygen atoms in total. The maximum absolute atomic E-state index is 2.61. The number of hydrogen-bond donors (Lipinski definition) is 0. The Labute approximate surface area is 104 Å². The van der Waals surface area contributed by atoms with Gasteiger partial charge in [-0.2, -0.15) is 0 Å². The molecule has 0 aliphatic carbocycles. The van der Waals surface area contributed by atoms with Gasteiger partial charge in [-0.3, -0.25) is 4.90 Å². The van der Waals surface area contributed by atoms with Crippen molar-refractivity contribution in [1.29, 1.82) is 0 Å². The van der Waals surface area contributed by atoms with Crippen LogP contribution in [0.25, 0.3) is 0 Å². The molecule has 98 valence electrons. The summed E-state index contributed by atoms with van der Waals surface area (Å²) in [5, 5.41) is 0. The monoisotopic (exact) mass is 227 g/mol. The first-order valence-corrected chi connectivity index (χ1v) is 6.88. The first kappa shape index (κ1) is 16.0. The van der Waals surface area contributed by atoms with Crippen LogP contribution >= 0.6 is 0 Å². The zero-order valence-corrected chi connectivity index (χ0v) is 12.9. The number of rotatable bonds is 0. The molecule has 1 fully saturated rings. The second-order valence-corrected chi connectivity index (χ2v) is 7.18. The van der Waals surface area contributed by atoms with Crippen LogP contribution in [0.5, 0.6) is 0 Å². The lowest BCUT2D eigenvalue weighted by Gasteiger charge is -2.33. The molecule has 0 saturated carbocycles. The minimum Gasteiger partial charge on any atom is -0.298 e. The molecule has 1 saturated heterocycles. The van der Waals surface area contributed by atoms with Crippen LogP contribution in [0.1, 0.15) is 68.2 Å². The van der Waals surface area contributed by atoms with E-state index in [9.17, 15) is 0 Å². The zero-order valence-electron chi connectivity index (χ0n) is 12.9. The van der Waals surface area contributed by atoms with Crippen molar-refractivity contribution in [2.75, 3.05) is 13.1 Å². The summed E-state index contributed by atoms with van der Waals surface area (Å²) in [5.74, 6) is 0.881. The Morgan fingerprint density at radius 2 is 1.44 bits per heavy atom. The third kappa shape index (κ3) is 5.34. The fourth-order valence-corrected chi connectivity index (χ4v) is 2.08. The zero-order chi connectivity index (χ0) is 13.0. The lowest BCUT2D eigenvalue weighted by molar-refractivity contribution is 0.148. The molecule has 1 atom stereocenters. The molecular formula is C15H33N. The normalized spacial score (nSPS) is 22.9. The van der Waals surface area contributed by atoms with E-state index in [1.54, 1.807) is 0 Å². The molecule has 16 heavy (non-hydrogen) atoms. The molecule has 0 spiro atoms. The molecule has 1 heterocycles. The van der Waals surface area contributed by atoms with E-state index in [1.165, 1.54) is 25.9 Å². The van der Waals surface area contributed by atoms with Crippen molar-refractivity contribution in [3.8, 4) is 0 Å². The van der Waals surface area contributed by atoms with Crippen LogP contribution in [0.3, 0.4) is 0 Å². The number of likely N-dealkylation sites (tertiary alicyclic amines) is 1. The summed E-state index contributed by atoms with van der Waals surface area (Å²) in [5.41, 5.74) is 0.847. The highest BCUT2D eigenvalue weighted by atomic mass is 15.2. The van der Waals surface area contributed by atoms with Gasteiger partial charge < -0.3 is 0 Å². The summed E-state index contributed by atoms with van der Waals surface area (Å²) in [6, 6.07) is 0. The van der Waals surface area contributed by atoms with Crippen molar-refractivity contribution in [1.82, 2.24) is 4.90 Å². The van der Waals surface area contributed by atoms with Crippen molar-refractivity contribution < 1.29 is 0 Å². The average molecular weight is 227 g/mol. The number of hydrogen-bond acceptors (Lipinski definition) is 1. The van der Waals surface area contributed by atoms with E-state index in [-0.39, 0.29) is 0 Å². The Morgan fingerprint density at radius 1 is 1.00 bits per heavy atom. The van der Waals surface area contributed by atoms with Crippen molar-refractivity contribution in [2.24, 2.45) is 11.3 Å². The minimum atomic E-state index is 0.361. The smallest absolute Gasteiger partial charge is 0.0125 e. The molecule has 0 N–H and O–H groups in total. The molecule has 1 unspecified atom stereocenters. The van der Waals surface area contributed by atoms with Gasteiger partial charge in [0.2, 0.25) is 0 Å². The van der Waals surface area contributed by atoms with E-state index in [4.69, 9.17) is 0 Å². The van der Waals surface area contributed by atoms with E-state index < -0.39 is 0 Å². The second-order valence-electron chi connectivity index (χ2n) is 7.18. The Balaban J connectivity index is 0.000000673. The number of nitrogens with zero attached hydrogens (tertiary/aromatic N) is 1. The van der Waals surface area contributed by atoms with Crippen LogP contribution in [0, 0.1) is 11.3 Å². The fraction of sp³-hybridized carbons (Fsp3) is 1.00. The van der Waals surface area contributed by atoms with Gasteiger partial charge in [0.05, 0.1) is 0 Å². The van der Waals surface area contributed by atoms with E-state index in [2.05, 4.69) is 60.3 Å². The molecular weight excluding hydrogens is 194 g/mol. The SMILES string of the molecule is CC(C)(C)C1CCN(C(C)(C)C)C1.CCC. The Hall–Kier alpha value is -0.0400. The quantitative estimate of drug-likeness (QED) is 0.586. The van der Waals surface area contributed by atoms with Crippen LogP contribution in [-0.4, -0.2) is 23.5 Å². The van der Waals surface area contributed by atoms with E-state index in [0.717, 1.165) is 5.92 Å². The van der Waals surface area contributed by atoms with E-state index >= 15 is 0 Å². The van der Waals surface area contributed by atoms with Gasteiger partial charge in [-0.05, 0) is 45.1 Å². The molecule has 0 aromatic rings. The van der Waals surface area contributed by atoms with Crippen LogP contribution in [-0.2, 0) is 0 Å². The third-order valence-corrected chi connectivity index (χ3v) is 3.36. The first-order valence-electron chi connectivity index (χ1n) is 6.88. The third-order valence-electron chi connectivity index (χ3n) is 3.36. The Morgan fingerprint density at radius 3 is 1.62 bits per heavy atom. The molecule has 1 aliphatic heterocycles. The summed E-state index contributed by atoms with van der Waals surface area (Å²) in [4.78, 5) is 2.61. The van der Waals surface area contributed by atoms with Crippen molar-refractivity contribution in [3.05, 3.63) is 0 Å². The maximum Gasteiger partial charge on any atom is 0.0125 e. The molecule has 0 radical (unpaired) electrons. The summed E-state index contributed by atoms with van der Waals surface area (Å²) in [6.45, 7) is 20.9. The Bertz CT molecular complexity index is 163. The van der Waals surface area contributed by atoms with Crippen LogP contribution < -0.4 is 0 Å². The van der Waals surface area contributed by atoms with E-state index in [0.29, 0.717) is 11.0 Å². The molecule has 1 rings (SSSR count). The summed E-state index contributed by atoms with van der Waals surface area (Å²) < 4.78 is 0. The lowest BCUT2D eigenvalue weighted by atomic mass is 9.80. The molecule has 1 heteroatoms. The highest BCUT2D eigenvalue weighted by Crippen LogP contribution is 2.35. The minimum absolute atomic E-state index is 0.361. The molecule has 0 aromatic heterocycles. The first-order chi connectivity index (χ1) is 7.12. The Kier molecular flexibility index (Phi) is 6.03. The lowest BCUT2D eigenvalue weighted by Crippen LogP contribution is -2.40. The summed E-state index contributed by atoms with van der Waals surface area (Å²) in [7, 11) is 0. The van der Waals surface area contributed by atoms with Crippen LogP contribution in [0.2, 0.25) is 0 Å². The van der Waals surface area contributed by atoms with Gasteiger partial charge >= 0.3 is 0 Å². The van der Waals surface area contributed by atoms with Gasteiger partial charge in [0, 0.05) is 12.1 Å². The van der Waals surface area contributed by atoms with Gasteiger partial charge in [0.25, 0.3) is 0 Å². The van der Waals surface area contributed by atoms with Gasteiger partial charge in [0.15, 0.2) is 0 Å². The van der Waals surface area contributed by atoms with Crippen molar-refractivity contribution in [2.45, 2.75) is 73.8 Å². The van der Waals surface area contributed by atoms with Crippen LogP contribution in [0.15, 0.2) is 0 Å². The standard InChI is InChI=1S/C12H25N.C3H8/c1-11(2,3)10-7-8-13(9-10)12(4,5)6;1-3-2/h10H,7-9H2,1-6H3;3H2,1-2H3. The van der Waals surface area contributed by atoms with Gasteiger partial charge in [0.1, 0.15) is 0 Å². The highest BCUT2D eigenvalue weighted by Gasteiger charge is 2.35. The summed E-state index contributed by atoms with van der Waals surface area (Å²) in [6.07, 6.45) is 2.63. The molecule has 0 bridgehead atoms. The molecule has 1 aliphatic rings. The van der Waals surface area contributed by atoms with Gasteiger partial charge in [-0.25, -0.2) is 0 Å². The predicted octanol–water partition coefficient (Wildman–Crippen LogP) is 4.57. The maximum atomic E-state index is 2.61. The fourth-order valence-electron chi connectivity index (χ4n) is 2.08. The topological polar surface area (TPSA) is 3.24 Å². The molecule has 0 aromatic carbocycles. The van der Waals surface area contributed by atoms with E-state index in [1.807, 2.05) is 0 Å². The van der Waals surface area contributed by atoms with Gasteiger partial charge in [-0.15, -0.1) is 0 Å². The highest BCUT2D eigenvalue weighted by molar-refractivity contribution is 4.89. The largest absolute Gasteiger partial charge is 0.298 e. The predicted molar refractivity (Wildman–Crippen MR) is 74.9 cm³/mol. The van der Waals surface area contributed by atoms with Gasteiger partial charge in [-0.1, -0.05) is 41.0 Å². The summed E-state index contributed by atoms with van der Waals surface area (Å²) >= 11 is 0. The van der Waals surface area contributed by atoms with Crippen molar-refractivity contribution >= 4 is 0 Å².